The van der Waals surface area contributed by atoms with Crippen molar-refractivity contribution in [3.63, 3.8) is 0 Å². The third-order valence-electron chi connectivity index (χ3n) is 2.85. The summed E-state index contributed by atoms with van der Waals surface area (Å²) in [4.78, 5) is 17.2. The summed E-state index contributed by atoms with van der Waals surface area (Å²) in [6.45, 7) is 1.89. The van der Waals surface area contributed by atoms with E-state index >= 15 is 0 Å². The van der Waals surface area contributed by atoms with Crippen molar-refractivity contribution in [3.8, 4) is 0 Å². The molecule has 0 radical (unpaired) electrons. The van der Waals surface area contributed by atoms with E-state index in [9.17, 15) is 4.79 Å². The van der Waals surface area contributed by atoms with Crippen LogP contribution in [0.1, 0.15) is 11.4 Å². The minimum atomic E-state index is -0.0539. The number of aryl methyl sites for hydroxylation is 1. The lowest BCUT2D eigenvalue weighted by Gasteiger charge is -2.02. The average molecular weight is 308 g/mol. The van der Waals surface area contributed by atoms with E-state index in [0.717, 1.165) is 11.4 Å². The molecule has 0 fully saturated rings. The Morgan fingerprint density at radius 1 is 1.45 bits per heavy atom. The smallest absolute Gasteiger partial charge is 0.258 e. The Morgan fingerprint density at radius 3 is 2.95 bits per heavy atom. The molecule has 0 aliphatic heterocycles. The maximum atomic E-state index is 12.0. The van der Waals surface area contributed by atoms with Crippen molar-refractivity contribution >= 4 is 34.0 Å². The number of hydrogen-bond donors (Lipinski definition) is 1. The molecule has 0 aliphatic carbocycles. The first-order chi connectivity index (χ1) is 9.56. The van der Waals surface area contributed by atoms with Crippen molar-refractivity contribution < 1.29 is 0 Å². The number of hydrogen-bond acceptors (Lipinski definition) is 7. The lowest BCUT2D eigenvalue weighted by molar-refractivity contribution is 0.795. The predicted octanol–water partition coefficient (Wildman–Crippen LogP) is 1.07. The minimum absolute atomic E-state index is 0.0539. The van der Waals surface area contributed by atoms with Crippen molar-refractivity contribution in [2.24, 2.45) is 7.05 Å². The van der Waals surface area contributed by atoms with Gasteiger partial charge in [0.05, 0.1) is 5.69 Å². The molecule has 9 heteroatoms. The molecule has 0 spiro atoms. The number of nitrogens with zero attached hydrogens (tertiary/aromatic N) is 5. The Labute approximate surface area is 122 Å². The van der Waals surface area contributed by atoms with Crippen molar-refractivity contribution in [1.82, 2.24) is 24.1 Å². The zero-order chi connectivity index (χ0) is 14.3. The van der Waals surface area contributed by atoms with Gasteiger partial charge in [-0.15, -0.1) is 21.5 Å². The number of rotatable bonds is 3. The molecule has 0 saturated heterocycles. The van der Waals surface area contributed by atoms with Gasteiger partial charge in [0.25, 0.3) is 5.56 Å². The molecule has 20 heavy (non-hydrogen) atoms. The molecule has 0 amide bonds. The highest BCUT2D eigenvalue weighted by Crippen LogP contribution is 2.21. The quantitative estimate of drug-likeness (QED) is 0.728. The van der Waals surface area contributed by atoms with Crippen LogP contribution in [0.15, 0.2) is 21.4 Å². The summed E-state index contributed by atoms with van der Waals surface area (Å²) in [5.41, 5.74) is 7.20. The Bertz CT molecular complexity index is 833. The highest BCUT2D eigenvalue weighted by Gasteiger charge is 2.10. The van der Waals surface area contributed by atoms with Crippen LogP contribution in [0.25, 0.3) is 4.96 Å². The van der Waals surface area contributed by atoms with Crippen LogP contribution < -0.4 is 11.3 Å². The van der Waals surface area contributed by atoms with Crippen LogP contribution in [-0.2, 0) is 12.8 Å². The monoisotopic (exact) mass is 308 g/mol. The van der Waals surface area contributed by atoms with Gasteiger partial charge in [0.15, 0.2) is 10.1 Å². The normalized spacial score (nSPS) is 11.3. The number of thioether (sulfide) groups is 1. The molecule has 3 heterocycles. The molecule has 7 nitrogen and oxygen atoms in total. The van der Waals surface area contributed by atoms with E-state index in [1.807, 2.05) is 12.3 Å². The molecule has 0 aliphatic rings. The highest BCUT2D eigenvalue weighted by molar-refractivity contribution is 7.98. The summed E-state index contributed by atoms with van der Waals surface area (Å²) < 4.78 is 3.31. The number of fused-ring (bicyclic) bond motifs is 1. The highest BCUT2D eigenvalue weighted by atomic mass is 32.2. The van der Waals surface area contributed by atoms with Gasteiger partial charge in [0.1, 0.15) is 0 Å². The van der Waals surface area contributed by atoms with Crippen LogP contribution in [0.4, 0.5) is 5.95 Å². The molecule has 104 valence electrons. The van der Waals surface area contributed by atoms with Gasteiger partial charge in [0, 0.05) is 29.9 Å². The molecule has 0 atom stereocenters. The van der Waals surface area contributed by atoms with Gasteiger partial charge in [-0.3, -0.25) is 13.8 Å². The predicted molar refractivity (Wildman–Crippen MR) is 79.1 cm³/mol. The molecular formula is C11H12N6OS2. The first-order valence-corrected chi connectivity index (χ1v) is 7.67. The standard InChI is InChI=1S/C11H12N6OS2/c1-6-4-19-10-13-7(3-8(18)17(6)10)5-20-11-15-14-9(12)16(11)2/h3-4H,5H2,1-2H3,(H2,12,14). The van der Waals surface area contributed by atoms with E-state index < -0.39 is 0 Å². The summed E-state index contributed by atoms with van der Waals surface area (Å²) in [7, 11) is 1.80. The zero-order valence-corrected chi connectivity index (χ0v) is 12.5. The zero-order valence-electron chi connectivity index (χ0n) is 10.9. The minimum Gasteiger partial charge on any atom is -0.368 e. The number of thiazole rings is 1. The van der Waals surface area contributed by atoms with Crippen molar-refractivity contribution in [2.75, 3.05) is 5.73 Å². The third kappa shape index (κ3) is 2.18. The van der Waals surface area contributed by atoms with Crippen molar-refractivity contribution in [3.05, 3.63) is 33.2 Å². The molecule has 0 unspecified atom stereocenters. The number of anilines is 1. The first kappa shape index (κ1) is 13.1. The second kappa shape index (κ2) is 4.91. The molecule has 0 bridgehead atoms. The van der Waals surface area contributed by atoms with Crippen LogP contribution in [-0.4, -0.2) is 24.1 Å². The molecule has 3 rings (SSSR count). The van der Waals surface area contributed by atoms with Crippen molar-refractivity contribution in [1.29, 1.82) is 0 Å². The van der Waals surface area contributed by atoms with E-state index in [2.05, 4.69) is 15.2 Å². The van der Waals surface area contributed by atoms with E-state index in [0.29, 0.717) is 21.8 Å². The number of nitrogens with two attached hydrogens (primary N) is 1. The molecule has 3 aromatic heterocycles. The summed E-state index contributed by atoms with van der Waals surface area (Å²) in [6, 6.07) is 1.56. The van der Waals surface area contributed by atoms with Gasteiger partial charge in [-0.05, 0) is 6.92 Å². The van der Waals surface area contributed by atoms with E-state index in [-0.39, 0.29) is 5.56 Å². The molecule has 3 aromatic rings. The fourth-order valence-corrected chi connectivity index (χ4v) is 3.47. The Morgan fingerprint density at radius 2 is 2.25 bits per heavy atom. The maximum Gasteiger partial charge on any atom is 0.258 e. The summed E-state index contributed by atoms with van der Waals surface area (Å²) in [5, 5.41) is 10.4. The topological polar surface area (TPSA) is 91.1 Å². The number of nitrogen functional groups attached to an aromatic ring is 1. The fraction of sp³-hybridized carbons (Fsp3) is 0.273. The molecule has 0 saturated carbocycles. The van der Waals surface area contributed by atoms with Crippen LogP contribution in [0.3, 0.4) is 0 Å². The second-order valence-corrected chi connectivity index (χ2v) is 6.05. The SMILES string of the molecule is Cc1csc2nc(CSc3nnc(N)n3C)cc(=O)n12. The number of aromatic nitrogens is 5. The second-order valence-electron chi connectivity index (χ2n) is 4.27. The molecular weight excluding hydrogens is 296 g/mol. The van der Waals surface area contributed by atoms with Crippen LogP contribution in [0.2, 0.25) is 0 Å². The summed E-state index contributed by atoms with van der Waals surface area (Å²) >= 11 is 2.91. The molecule has 2 N–H and O–H groups in total. The van der Waals surface area contributed by atoms with Gasteiger partial charge >= 0.3 is 0 Å². The Kier molecular flexibility index (Phi) is 3.22. The van der Waals surface area contributed by atoms with Crippen LogP contribution >= 0.6 is 23.1 Å². The van der Waals surface area contributed by atoms with Gasteiger partial charge in [-0.1, -0.05) is 11.8 Å². The lowest BCUT2D eigenvalue weighted by atomic mass is 10.4. The van der Waals surface area contributed by atoms with Gasteiger partial charge < -0.3 is 5.73 Å². The van der Waals surface area contributed by atoms with Gasteiger partial charge in [-0.25, -0.2) is 4.98 Å². The summed E-state index contributed by atoms with van der Waals surface area (Å²) in [5.74, 6) is 0.916. The maximum absolute atomic E-state index is 12.0. The van der Waals surface area contributed by atoms with Gasteiger partial charge in [-0.2, -0.15) is 0 Å². The molecule has 0 aromatic carbocycles. The average Bonchev–Trinajstić information content (AvgIpc) is 2.93. The van der Waals surface area contributed by atoms with E-state index in [1.54, 1.807) is 22.1 Å². The third-order valence-corrected chi connectivity index (χ3v) is 4.84. The largest absolute Gasteiger partial charge is 0.368 e. The van der Waals surface area contributed by atoms with Crippen LogP contribution in [0, 0.1) is 6.92 Å². The van der Waals surface area contributed by atoms with Gasteiger partial charge in [0.2, 0.25) is 5.95 Å². The first-order valence-electron chi connectivity index (χ1n) is 5.80. The van der Waals surface area contributed by atoms with E-state index in [4.69, 9.17) is 5.73 Å². The van der Waals surface area contributed by atoms with Crippen LogP contribution in [0.5, 0.6) is 0 Å². The lowest BCUT2D eigenvalue weighted by Crippen LogP contribution is -2.14. The summed E-state index contributed by atoms with van der Waals surface area (Å²) in [6.07, 6.45) is 0. The van der Waals surface area contributed by atoms with E-state index in [1.165, 1.54) is 23.1 Å². The Hall–Kier alpha value is -1.87. The Balaban J connectivity index is 1.88. The fourth-order valence-electron chi connectivity index (χ4n) is 1.77. The van der Waals surface area contributed by atoms with Crippen molar-refractivity contribution in [2.45, 2.75) is 17.8 Å².